The molecule has 0 bridgehead atoms. The van der Waals surface area contributed by atoms with Crippen molar-refractivity contribution in [2.75, 3.05) is 33.3 Å². The molecule has 2 unspecified atom stereocenters. The highest BCUT2D eigenvalue weighted by Crippen LogP contribution is 2.07. The topological polar surface area (TPSA) is 55.7 Å². The Hall–Kier alpha value is -0.160. The molecule has 1 aliphatic rings. The summed E-state index contributed by atoms with van der Waals surface area (Å²) in [5.41, 5.74) is 0. The van der Waals surface area contributed by atoms with Crippen LogP contribution in [0.15, 0.2) is 0 Å². The molecule has 13 heavy (non-hydrogen) atoms. The van der Waals surface area contributed by atoms with E-state index in [1.807, 2.05) is 0 Å². The highest BCUT2D eigenvalue weighted by Gasteiger charge is 2.16. The Balaban J connectivity index is 2.13. The molecule has 78 valence electrons. The van der Waals surface area contributed by atoms with Crippen LogP contribution in [-0.4, -0.2) is 60.5 Å². The molecule has 4 nitrogen and oxygen atoms in total. The van der Waals surface area contributed by atoms with E-state index in [4.69, 9.17) is 10.2 Å². The Labute approximate surface area is 79.6 Å². The van der Waals surface area contributed by atoms with Crippen molar-refractivity contribution < 1.29 is 10.2 Å². The summed E-state index contributed by atoms with van der Waals surface area (Å²) in [4.78, 5) is 2.28. The maximum absolute atomic E-state index is 9.13. The van der Waals surface area contributed by atoms with Crippen LogP contribution in [0.3, 0.4) is 0 Å². The number of likely N-dealkylation sites (N-methyl/N-ethyl adjacent to an activating group) is 1. The van der Waals surface area contributed by atoms with Crippen LogP contribution >= 0.6 is 0 Å². The molecule has 0 radical (unpaired) electrons. The molecule has 3 N–H and O–H groups in total. The Morgan fingerprint density at radius 2 is 2.38 bits per heavy atom. The molecule has 1 saturated heterocycles. The summed E-state index contributed by atoms with van der Waals surface area (Å²) in [7, 11) is 2.11. The zero-order valence-electron chi connectivity index (χ0n) is 8.24. The van der Waals surface area contributed by atoms with Gasteiger partial charge in [0, 0.05) is 19.1 Å². The molecule has 0 amide bonds. The third-order valence-electron chi connectivity index (χ3n) is 2.48. The largest absolute Gasteiger partial charge is 0.394 e. The zero-order chi connectivity index (χ0) is 9.68. The monoisotopic (exact) mass is 188 g/mol. The van der Waals surface area contributed by atoms with E-state index >= 15 is 0 Å². The van der Waals surface area contributed by atoms with E-state index in [0.717, 1.165) is 6.54 Å². The number of nitrogens with zero attached hydrogens (tertiary/aromatic N) is 1. The summed E-state index contributed by atoms with van der Waals surface area (Å²) in [6, 6.07) is 0.472. The molecule has 1 fully saturated rings. The smallest absolute Gasteiger partial charge is 0.0895 e. The third kappa shape index (κ3) is 4.04. The Morgan fingerprint density at radius 1 is 1.62 bits per heavy atom. The number of aliphatic hydroxyl groups excluding tert-OH is 2. The van der Waals surface area contributed by atoms with Gasteiger partial charge in [0.05, 0.1) is 12.7 Å². The first-order valence-corrected chi connectivity index (χ1v) is 4.93. The highest BCUT2D eigenvalue weighted by atomic mass is 16.3. The third-order valence-corrected chi connectivity index (χ3v) is 2.48. The summed E-state index contributed by atoms with van der Waals surface area (Å²) < 4.78 is 0. The number of rotatable bonds is 4. The lowest BCUT2D eigenvalue weighted by Gasteiger charge is -2.30. The van der Waals surface area contributed by atoms with Gasteiger partial charge in [-0.1, -0.05) is 0 Å². The van der Waals surface area contributed by atoms with Crippen LogP contribution in [0.1, 0.15) is 12.8 Å². The van der Waals surface area contributed by atoms with Gasteiger partial charge in [-0.15, -0.1) is 0 Å². The number of hydrogen-bond acceptors (Lipinski definition) is 4. The Morgan fingerprint density at radius 3 is 3.00 bits per heavy atom. The Bertz CT molecular complexity index is 144. The first-order valence-electron chi connectivity index (χ1n) is 4.93. The molecule has 1 heterocycles. The molecule has 2 atom stereocenters. The summed E-state index contributed by atoms with van der Waals surface area (Å²) in [6.45, 7) is 2.55. The Kier molecular flexibility index (Phi) is 4.66. The number of nitrogens with one attached hydrogen (secondary N) is 1. The van der Waals surface area contributed by atoms with E-state index in [2.05, 4.69) is 17.3 Å². The molecular formula is C9H20N2O2. The van der Waals surface area contributed by atoms with Crippen molar-refractivity contribution in [3.05, 3.63) is 0 Å². The second kappa shape index (κ2) is 5.54. The lowest BCUT2D eigenvalue weighted by atomic mass is 10.1. The first kappa shape index (κ1) is 10.9. The molecule has 0 spiro atoms. The predicted molar refractivity (Wildman–Crippen MR) is 51.6 cm³/mol. The summed E-state index contributed by atoms with van der Waals surface area (Å²) in [5.74, 6) is 0. The summed E-state index contributed by atoms with van der Waals surface area (Å²) in [5, 5.41) is 21.0. The van der Waals surface area contributed by atoms with E-state index in [0.29, 0.717) is 12.6 Å². The van der Waals surface area contributed by atoms with Gasteiger partial charge >= 0.3 is 0 Å². The van der Waals surface area contributed by atoms with Gasteiger partial charge in [-0.3, -0.25) is 0 Å². The second-order valence-corrected chi connectivity index (χ2v) is 3.85. The van der Waals surface area contributed by atoms with Gasteiger partial charge in [-0.25, -0.2) is 0 Å². The average Bonchev–Trinajstić information content (AvgIpc) is 2.14. The highest BCUT2D eigenvalue weighted by molar-refractivity contribution is 4.77. The predicted octanol–water partition coefficient (Wildman–Crippen LogP) is -0.977. The number of likely N-dealkylation sites (tertiary alicyclic amines) is 1. The van der Waals surface area contributed by atoms with Crippen molar-refractivity contribution in [1.82, 2.24) is 10.2 Å². The van der Waals surface area contributed by atoms with Gasteiger partial charge in [-0.2, -0.15) is 0 Å². The molecule has 1 aliphatic heterocycles. The molecule has 0 aromatic carbocycles. The van der Waals surface area contributed by atoms with Crippen molar-refractivity contribution in [3.63, 3.8) is 0 Å². The van der Waals surface area contributed by atoms with E-state index in [1.54, 1.807) is 0 Å². The molecule has 1 rings (SSSR count). The lowest BCUT2D eigenvalue weighted by molar-refractivity contribution is 0.0879. The van der Waals surface area contributed by atoms with E-state index in [-0.39, 0.29) is 6.61 Å². The molecule has 0 aromatic rings. The van der Waals surface area contributed by atoms with E-state index < -0.39 is 6.10 Å². The molecule has 4 heteroatoms. The van der Waals surface area contributed by atoms with Gasteiger partial charge in [0.15, 0.2) is 0 Å². The van der Waals surface area contributed by atoms with Crippen LogP contribution in [0.25, 0.3) is 0 Å². The number of piperidine rings is 1. The van der Waals surface area contributed by atoms with Gasteiger partial charge in [0.25, 0.3) is 0 Å². The quantitative estimate of drug-likeness (QED) is 0.531. The average molecular weight is 188 g/mol. The van der Waals surface area contributed by atoms with Crippen molar-refractivity contribution in [3.8, 4) is 0 Å². The molecule has 0 saturated carbocycles. The van der Waals surface area contributed by atoms with Crippen LogP contribution in [0.4, 0.5) is 0 Å². The van der Waals surface area contributed by atoms with Crippen molar-refractivity contribution in [1.29, 1.82) is 0 Å². The standard InChI is InChI=1S/C9H20N2O2/c1-11-4-2-3-8(6-11)10-5-9(13)7-12/h8-10,12-13H,2-7H2,1H3. The zero-order valence-corrected chi connectivity index (χ0v) is 8.24. The van der Waals surface area contributed by atoms with Gasteiger partial charge in [-0.05, 0) is 26.4 Å². The van der Waals surface area contributed by atoms with Crippen molar-refractivity contribution in [2.24, 2.45) is 0 Å². The van der Waals surface area contributed by atoms with E-state index in [1.165, 1.54) is 19.4 Å². The minimum atomic E-state index is -0.618. The van der Waals surface area contributed by atoms with Crippen LogP contribution in [0.2, 0.25) is 0 Å². The van der Waals surface area contributed by atoms with Crippen molar-refractivity contribution in [2.45, 2.75) is 25.0 Å². The minimum Gasteiger partial charge on any atom is -0.394 e. The fourth-order valence-electron chi connectivity index (χ4n) is 1.70. The van der Waals surface area contributed by atoms with Gasteiger partial charge in [0.1, 0.15) is 0 Å². The second-order valence-electron chi connectivity index (χ2n) is 3.85. The maximum atomic E-state index is 9.13. The fourth-order valence-corrected chi connectivity index (χ4v) is 1.70. The number of hydrogen-bond donors (Lipinski definition) is 3. The van der Waals surface area contributed by atoms with Crippen LogP contribution in [0, 0.1) is 0 Å². The molecule has 0 aromatic heterocycles. The number of aliphatic hydroxyl groups is 2. The summed E-state index contributed by atoms with van der Waals surface area (Å²) in [6.07, 6.45) is 1.76. The minimum absolute atomic E-state index is 0.157. The summed E-state index contributed by atoms with van der Waals surface area (Å²) >= 11 is 0. The van der Waals surface area contributed by atoms with Crippen LogP contribution in [-0.2, 0) is 0 Å². The fraction of sp³-hybridized carbons (Fsp3) is 1.00. The van der Waals surface area contributed by atoms with Crippen LogP contribution < -0.4 is 5.32 Å². The SMILES string of the molecule is CN1CCCC(NCC(O)CO)C1. The van der Waals surface area contributed by atoms with E-state index in [9.17, 15) is 0 Å². The van der Waals surface area contributed by atoms with Crippen LogP contribution in [0.5, 0.6) is 0 Å². The first-order chi connectivity index (χ1) is 6.22. The lowest BCUT2D eigenvalue weighted by Crippen LogP contribution is -2.46. The van der Waals surface area contributed by atoms with Crippen molar-refractivity contribution >= 4 is 0 Å². The molecule has 0 aliphatic carbocycles. The maximum Gasteiger partial charge on any atom is 0.0895 e. The van der Waals surface area contributed by atoms with Gasteiger partial charge in [0.2, 0.25) is 0 Å². The van der Waals surface area contributed by atoms with Gasteiger partial charge < -0.3 is 20.4 Å². The molecular weight excluding hydrogens is 168 g/mol. The normalized spacial score (nSPS) is 27.5.